The number of hydrogen-bond donors (Lipinski definition) is 0. The monoisotopic (exact) mass is 710 g/mol. The third-order valence-corrected chi connectivity index (χ3v) is 20.9. The van der Waals surface area contributed by atoms with Gasteiger partial charge in [-0.05, 0) is 60.7 Å². The maximum absolute atomic E-state index is 7.57. The van der Waals surface area contributed by atoms with Gasteiger partial charge in [0, 0.05) is 5.56 Å². The van der Waals surface area contributed by atoms with Gasteiger partial charge in [0.25, 0.3) is 16.6 Å². The van der Waals surface area contributed by atoms with Crippen molar-refractivity contribution in [2.24, 2.45) is 0 Å². The minimum absolute atomic E-state index is 0.167. The Morgan fingerprint density at radius 1 is 0.490 bits per heavy atom. The summed E-state index contributed by atoms with van der Waals surface area (Å²) in [5, 5.41) is 4.64. The van der Waals surface area contributed by atoms with E-state index in [-0.39, 0.29) is 10.1 Å². The van der Waals surface area contributed by atoms with Crippen LogP contribution in [0.2, 0.25) is 10.1 Å². The normalized spacial score (nSPS) is 20.0. The van der Waals surface area contributed by atoms with Gasteiger partial charge in [0.2, 0.25) is 0 Å². The van der Waals surface area contributed by atoms with E-state index in [9.17, 15) is 0 Å². The molecule has 51 heavy (non-hydrogen) atoms. The van der Waals surface area contributed by atoms with Crippen molar-refractivity contribution in [3.05, 3.63) is 163 Å². The average Bonchev–Trinajstić information content (AvgIpc) is 3.65. The molecular formula is C45H50O4Si2. The van der Waals surface area contributed by atoms with E-state index in [4.69, 9.17) is 18.3 Å². The van der Waals surface area contributed by atoms with Crippen LogP contribution in [-0.4, -0.2) is 37.0 Å². The smallest absolute Gasteiger partial charge is 0.261 e. The van der Waals surface area contributed by atoms with E-state index in [0.717, 1.165) is 16.9 Å². The number of fused-ring (bicyclic) bond motifs is 5. The van der Waals surface area contributed by atoms with Gasteiger partial charge in [0.1, 0.15) is 17.0 Å². The van der Waals surface area contributed by atoms with Gasteiger partial charge in [-0.2, -0.15) is 0 Å². The minimum Gasteiger partial charge on any atom is -0.497 e. The zero-order valence-corrected chi connectivity index (χ0v) is 33.0. The fraction of sp³-hybridized carbons (Fsp3) is 0.289. The molecule has 4 nitrogen and oxygen atoms in total. The van der Waals surface area contributed by atoms with Gasteiger partial charge in [-0.15, -0.1) is 0 Å². The maximum atomic E-state index is 7.57. The highest BCUT2D eigenvalue weighted by Crippen LogP contribution is 2.56. The van der Waals surface area contributed by atoms with E-state index >= 15 is 0 Å². The molecule has 2 aliphatic rings. The molecule has 5 aromatic rings. The number of hydrogen-bond acceptors (Lipinski definition) is 4. The predicted octanol–water partition coefficient (Wildman–Crippen LogP) is 7.84. The summed E-state index contributed by atoms with van der Waals surface area (Å²) >= 11 is 0. The van der Waals surface area contributed by atoms with E-state index in [1.165, 1.54) is 20.7 Å². The highest BCUT2D eigenvalue weighted by Gasteiger charge is 2.60. The van der Waals surface area contributed by atoms with Crippen LogP contribution in [0.25, 0.3) is 0 Å². The Morgan fingerprint density at radius 3 is 1.18 bits per heavy atom. The first-order valence-corrected chi connectivity index (χ1v) is 21.8. The summed E-state index contributed by atoms with van der Waals surface area (Å²) in [6.07, 6.45) is 4.45. The lowest BCUT2D eigenvalue weighted by Gasteiger charge is -2.45. The molecule has 2 atom stereocenters. The van der Waals surface area contributed by atoms with E-state index in [0.29, 0.717) is 13.2 Å². The third kappa shape index (κ3) is 5.78. The fourth-order valence-corrected chi connectivity index (χ4v) is 17.8. The second-order valence-corrected chi connectivity index (χ2v) is 24.6. The largest absolute Gasteiger partial charge is 0.497 e. The Hall–Kier alpha value is -4.05. The van der Waals surface area contributed by atoms with Gasteiger partial charge in [-0.3, -0.25) is 0 Å². The molecule has 262 valence electrons. The molecule has 0 radical (unpaired) electrons. The Labute approximate surface area is 306 Å². The average molecular weight is 711 g/mol. The second-order valence-electron chi connectivity index (χ2n) is 16.0. The molecule has 2 aliphatic heterocycles. The molecule has 0 saturated carbocycles. The zero-order valence-electron chi connectivity index (χ0n) is 31.0. The summed E-state index contributed by atoms with van der Waals surface area (Å²) in [6.45, 7) is 14.6. The standard InChI is InChI=1S/C45H50O4Si2/c1-42(2,3)50(36-20-12-8-13-21-36,37-22-14-9-15-23-37)47-33-44-30-31-45(49-44,41-32-35(46-7)28-29-40(41)44)34-48-51(43(4,5)6,38-24-16-10-17-25-38)39-26-18-11-19-27-39/h8-32H,33-34H2,1-7H3. The van der Waals surface area contributed by atoms with E-state index in [2.05, 4.69) is 187 Å². The van der Waals surface area contributed by atoms with Crippen molar-refractivity contribution in [3.63, 3.8) is 0 Å². The van der Waals surface area contributed by atoms with E-state index in [1.54, 1.807) is 7.11 Å². The van der Waals surface area contributed by atoms with Crippen LogP contribution >= 0.6 is 0 Å². The Morgan fingerprint density at radius 2 is 0.843 bits per heavy atom. The number of ether oxygens (including phenoxy) is 2. The van der Waals surface area contributed by atoms with E-state index in [1.807, 2.05) is 6.07 Å². The van der Waals surface area contributed by atoms with Crippen LogP contribution in [0.15, 0.2) is 152 Å². The summed E-state index contributed by atoms with van der Waals surface area (Å²) in [6, 6.07) is 49.6. The van der Waals surface area contributed by atoms with Crippen LogP contribution in [0.4, 0.5) is 0 Å². The van der Waals surface area contributed by atoms with Gasteiger partial charge >= 0.3 is 0 Å². The molecule has 0 spiro atoms. The zero-order chi connectivity index (χ0) is 36.0. The molecule has 0 aromatic heterocycles. The first-order chi connectivity index (χ1) is 24.4. The molecule has 7 rings (SSSR count). The SMILES string of the molecule is COc1ccc2c(c1)C1(CO[Si](c3ccccc3)(c3ccccc3)C(C)(C)C)C=CC2(CO[Si](c2ccccc2)(c2ccccc2)C(C)(C)C)O1. The molecule has 6 heteroatoms. The Kier molecular flexibility index (Phi) is 9.14. The summed E-state index contributed by atoms with van der Waals surface area (Å²) in [5.74, 6) is 0.797. The summed E-state index contributed by atoms with van der Waals surface area (Å²) < 4.78 is 28.3. The Bertz CT molecular complexity index is 1910. The lowest BCUT2D eigenvalue weighted by atomic mass is 9.82. The predicted molar refractivity (Wildman–Crippen MR) is 214 cm³/mol. The molecule has 5 aromatic carbocycles. The first-order valence-electron chi connectivity index (χ1n) is 18.0. The highest BCUT2D eigenvalue weighted by atomic mass is 28.4. The van der Waals surface area contributed by atoms with Crippen molar-refractivity contribution in [2.45, 2.75) is 62.8 Å². The quantitative estimate of drug-likeness (QED) is 0.103. The van der Waals surface area contributed by atoms with Gasteiger partial charge < -0.3 is 18.3 Å². The lowest BCUT2D eigenvalue weighted by Crippen LogP contribution is -2.67. The maximum Gasteiger partial charge on any atom is 0.261 e. The van der Waals surface area contributed by atoms with Gasteiger partial charge in [0.15, 0.2) is 0 Å². The molecule has 0 aliphatic carbocycles. The van der Waals surface area contributed by atoms with Crippen LogP contribution in [0.1, 0.15) is 52.7 Å². The summed E-state index contributed by atoms with van der Waals surface area (Å²) in [7, 11) is -3.99. The van der Waals surface area contributed by atoms with Crippen molar-refractivity contribution in [2.75, 3.05) is 20.3 Å². The highest BCUT2D eigenvalue weighted by molar-refractivity contribution is 7.00. The molecule has 2 unspecified atom stereocenters. The summed E-state index contributed by atoms with van der Waals surface area (Å²) in [4.78, 5) is 0. The van der Waals surface area contributed by atoms with E-state index < -0.39 is 27.8 Å². The fourth-order valence-electron chi connectivity index (χ4n) is 8.59. The van der Waals surface area contributed by atoms with Crippen molar-refractivity contribution in [3.8, 4) is 5.75 Å². The van der Waals surface area contributed by atoms with Crippen LogP contribution < -0.4 is 25.5 Å². The Balaban J connectivity index is 1.32. The first kappa shape index (κ1) is 35.4. The molecule has 2 bridgehead atoms. The molecule has 0 amide bonds. The number of rotatable bonds is 11. The molecule has 0 saturated heterocycles. The van der Waals surface area contributed by atoms with Crippen LogP contribution in [0, 0.1) is 0 Å². The van der Waals surface area contributed by atoms with Crippen LogP contribution in [0.5, 0.6) is 5.75 Å². The van der Waals surface area contributed by atoms with Crippen molar-refractivity contribution >= 4 is 37.4 Å². The van der Waals surface area contributed by atoms with Gasteiger partial charge in [-0.25, -0.2) is 0 Å². The van der Waals surface area contributed by atoms with Crippen LogP contribution in [-0.2, 0) is 24.8 Å². The lowest BCUT2D eigenvalue weighted by molar-refractivity contribution is -0.108. The van der Waals surface area contributed by atoms with Crippen LogP contribution in [0.3, 0.4) is 0 Å². The van der Waals surface area contributed by atoms with Gasteiger partial charge in [0.05, 0.1) is 20.3 Å². The van der Waals surface area contributed by atoms with Crippen molar-refractivity contribution < 1.29 is 18.3 Å². The second kappa shape index (κ2) is 13.2. The molecular weight excluding hydrogens is 661 g/mol. The van der Waals surface area contributed by atoms with Crippen molar-refractivity contribution in [1.29, 1.82) is 0 Å². The third-order valence-electron chi connectivity index (χ3n) is 11.0. The number of methoxy groups -OCH3 is 1. The molecule has 0 fully saturated rings. The van der Waals surface area contributed by atoms with Crippen molar-refractivity contribution in [1.82, 2.24) is 0 Å². The van der Waals surface area contributed by atoms with Gasteiger partial charge in [-0.1, -0.05) is 169 Å². The minimum atomic E-state index is -2.86. The molecule has 0 N–H and O–H groups in total. The number of benzene rings is 5. The summed E-state index contributed by atoms with van der Waals surface area (Å²) in [5.41, 5.74) is 0.581. The topological polar surface area (TPSA) is 36.9 Å². The molecule has 2 heterocycles.